The minimum absolute atomic E-state index is 0.119. The first-order chi connectivity index (χ1) is 12.5. The summed E-state index contributed by atoms with van der Waals surface area (Å²) in [6, 6.07) is 13.3. The van der Waals surface area contributed by atoms with Gasteiger partial charge in [-0.1, -0.05) is 30.3 Å². The summed E-state index contributed by atoms with van der Waals surface area (Å²) in [5, 5.41) is 2.76. The number of amides is 1. The van der Waals surface area contributed by atoms with Crippen molar-refractivity contribution in [2.24, 2.45) is 0 Å². The van der Waals surface area contributed by atoms with Crippen LogP contribution in [-0.4, -0.2) is 27.8 Å². The largest absolute Gasteiger partial charge is 0.461 e. The van der Waals surface area contributed by atoms with E-state index in [4.69, 9.17) is 4.74 Å². The molecule has 6 nitrogen and oxygen atoms in total. The van der Waals surface area contributed by atoms with Crippen LogP contribution in [0.1, 0.15) is 33.7 Å². The van der Waals surface area contributed by atoms with Gasteiger partial charge in [-0.3, -0.25) is 14.0 Å². The molecule has 3 rings (SSSR count). The average Bonchev–Trinajstić information content (AvgIpc) is 2.95. The van der Waals surface area contributed by atoms with Crippen LogP contribution in [0.25, 0.3) is 5.65 Å². The highest BCUT2D eigenvalue weighted by molar-refractivity contribution is 5.94. The predicted octanol–water partition coefficient (Wildman–Crippen LogP) is 2.81. The Balaban J connectivity index is 1.53. The van der Waals surface area contributed by atoms with Crippen molar-refractivity contribution < 1.29 is 14.3 Å². The molecule has 0 atom stereocenters. The van der Waals surface area contributed by atoms with E-state index in [9.17, 15) is 9.59 Å². The third-order valence-corrected chi connectivity index (χ3v) is 4.03. The molecule has 0 radical (unpaired) electrons. The summed E-state index contributed by atoms with van der Waals surface area (Å²) in [7, 11) is 0. The summed E-state index contributed by atoms with van der Waals surface area (Å²) < 4.78 is 6.96. The fourth-order valence-corrected chi connectivity index (χ4v) is 2.71. The molecule has 134 valence electrons. The van der Waals surface area contributed by atoms with Gasteiger partial charge in [-0.25, -0.2) is 4.98 Å². The fourth-order valence-electron chi connectivity index (χ4n) is 2.71. The molecule has 0 aliphatic rings. The van der Waals surface area contributed by atoms with E-state index in [1.165, 1.54) is 0 Å². The highest BCUT2D eigenvalue weighted by atomic mass is 16.5. The molecule has 0 aliphatic carbocycles. The molecule has 26 heavy (non-hydrogen) atoms. The number of aryl methyl sites for hydroxylation is 2. The summed E-state index contributed by atoms with van der Waals surface area (Å²) in [4.78, 5) is 28.7. The first-order valence-corrected chi connectivity index (χ1v) is 8.47. The van der Waals surface area contributed by atoms with Crippen LogP contribution in [-0.2, 0) is 16.1 Å². The van der Waals surface area contributed by atoms with Gasteiger partial charge in [0.25, 0.3) is 5.91 Å². The molecule has 0 saturated carbocycles. The number of pyridine rings is 1. The van der Waals surface area contributed by atoms with Crippen molar-refractivity contribution in [2.45, 2.75) is 26.9 Å². The van der Waals surface area contributed by atoms with Gasteiger partial charge in [0.05, 0.1) is 12.1 Å². The van der Waals surface area contributed by atoms with Crippen LogP contribution in [0.4, 0.5) is 0 Å². The first-order valence-electron chi connectivity index (χ1n) is 8.47. The van der Waals surface area contributed by atoms with Crippen molar-refractivity contribution in [3.8, 4) is 0 Å². The number of rotatable bonds is 6. The van der Waals surface area contributed by atoms with E-state index in [-0.39, 0.29) is 31.4 Å². The smallest absolute Gasteiger partial charge is 0.307 e. The van der Waals surface area contributed by atoms with Gasteiger partial charge < -0.3 is 10.1 Å². The van der Waals surface area contributed by atoms with Crippen molar-refractivity contribution in [1.29, 1.82) is 0 Å². The van der Waals surface area contributed by atoms with Crippen molar-refractivity contribution in [3.05, 3.63) is 71.2 Å². The zero-order valence-electron chi connectivity index (χ0n) is 14.9. The van der Waals surface area contributed by atoms with Crippen LogP contribution < -0.4 is 5.32 Å². The normalized spacial score (nSPS) is 10.7. The zero-order chi connectivity index (χ0) is 18.5. The maximum Gasteiger partial charge on any atom is 0.307 e. The molecule has 0 bridgehead atoms. The predicted molar refractivity (Wildman–Crippen MR) is 97.9 cm³/mol. The molecule has 0 aliphatic heterocycles. The Morgan fingerprint density at radius 3 is 2.69 bits per heavy atom. The molecule has 0 saturated heterocycles. The van der Waals surface area contributed by atoms with Crippen molar-refractivity contribution in [1.82, 2.24) is 14.7 Å². The van der Waals surface area contributed by atoms with E-state index in [2.05, 4.69) is 10.3 Å². The number of hydrogen-bond acceptors (Lipinski definition) is 4. The maximum atomic E-state index is 12.5. The Labute approximate surface area is 151 Å². The number of hydrogen-bond donors (Lipinski definition) is 1. The number of nitrogens with one attached hydrogen (secondary N) is 1. The van der Waals surface area contributed by atoms with E-state index in [1.807, 2.05) is 55.6 Å². The van der Waals surface area contributed by atoms with Gasteiger partial charge in [-0.2, -0.15) is 0 Å². The quantitative estimate of drug-likeness (QED) is 0.693. The second kappa shape index (κ2) is 7.82. The Morgan fingerprint density at radius 2 is 1.92 bits per heavy atom. The number of carbonyl (C=O) groups is 2. The van der Waals surface area contributed by atoms with Gasteiger partial charge in [-0.15, -0.1) is 0 Å². The minimum atomic E-state index is -0.348. The number of esters is 1. The van der Waals surface area contributed by atoms with Crippen LogP contribution in [0.2, 0.25) is 0 Å². The van der Waals surface area contributed by atoms with Crippen LogP contribution in [0.15, 0.2) is 48.7 Å². The molecule has 2 heterocycles. The Bertz CT molecular complexity index is 932. The molecule has 0 spiro atoms. The van der Waals surface area contributed by atoms with Crippen molar-refractivity contribution >= 4 is 17.5 Å². The lowest BCUT2D eigenvalue weighted by Crippen LogP contribution is -2.28. The van der Waals surface area contributed by atoms with Gasteiger partial charge >= 0.3 is 5.97 Å². The topological polar surface area (TPSA) is 72.7 Å². The highest BCUT2D eigenvalue weighted by Gasteiger charge is 2.16. The number of aromatic nitrogens is 2. The summed E-state index contributed by atoms with van der Waals surface area (Å²) in [6.45, 7) is 4.22. The van der Waals surface area contributed by atoms with Gasteiger partial charge in [0, 0.05) is 12.7 Å². The first kappa shape index (κ1) is 17.7. The summed E-state index contributed by atoms with van der Waals surface area (Å²) in [6.07, 6.45) is 1.95. The van der Waals surface area contributed by atoms with Crippen molar-refractivity contribution in [2.75, 3.05) is 6.54 Å². The Hall–Kier alpha value is -3.15. The molecule has 0 fully saturated rings. The van der Waals surface area contributed by atoms with Crippen LogP contribution in [0.5, 0.6) is 0 Å². The van der Waals surface area contributed by atoms with Crippen LogP contribution >= 0.6 is 0 Å². The minimum Gasteiger partial charge on any atom is -0.461 e. The molecular formula is C20H21N3O3. The lowest BCUT2D eigenvalue weighted by atomic mass is 10.2. The van der Waals surface area contributed by atoms with E-state index in [0.29, 0.717) is 11.4 Å². The zero-order valence-corrected chi connectivity index (χ0v) is 14.9. The van der Waals surface area contributed by atoms with Crippen LogP contribution in [0, 0.1) is 13.8 Å². The molecule has 2 aromatic heterocycles. The van der Waals surface area contributed by atoms with E-state index < -0.39 is 0 Å². The SMILES string of the molecule is Cc1ccn2c(C(=O)NCCC(=O)OCc3ccccc3)c(C)nc2c1. The van der Waals surface area contributed by atoms with E-state index >= 15 is 0 Å². The summed E-state index contributed by atoms with van der Waals surface area (Å²) in [5.41, 5.74) is 3.88. The second-order valence-corrected chi connectivity index (χ2v) is 6.13. The van der Waals surface area contributed by atoms with Gasteiger partial charge in [0.2, 0.25) is 0 Å². The summed E-state index contributed by atoms with van der Waals surface area (Å²) >= 11 is 0. The summed E-state index contributed by atoms with van der Waals surface area (Å²) in [5.74, 6) is -0.602. The molecule has 1 aromatic carbocycles. The number of nitrogens with zero attached hydrogens (tertiary/aromatic N) is 2. The third kappa shape index (κ3) is 4.08. The van der Waals surface area contributed by atoms with Gasteiger partial charge in [-0.05, 0) is 37.1 Å². The van der Waals surface area contributed by atoms with E-state index in [1.54, 1.807) is 11.3 Å². The number of benzene rings is 1. The maximum absolute atomic E-state index is 12.5. The fraction of sp³-hybridized carbons (Fsp3) is 0.250. The third-order valence-electron chi connectivity index (χ3n) is 4.03. The molecule has 1 amide bonds. The Kier molecular flexibility index (Phi) is 5.31. The van der Waals surface area contributed by atoms with E-state index in [0.717, 1.165) is 16.8 Å². The molecule has 0 unspecified atom stereocenters. The lowest BCUT2D eigenvalue weighted by molar-refractivity contribution is -0.144. The monoisotopic (exact) mass is 351 g/mol. The number of fused-ring (bicyclic) bond motifs is 1. The van der Waals surface area contributed by atoms with Crippen molar-refractivity contribution in [3.63, 3.8) is 0 Å². The molecule has 1 N–H and O–H groups in total. The number of carbonyl (C=O) groups excluding carboxylic acids is 2. The average molecular weight is 351 g/mol. The van der Waals surface area contributed by atoms with Crippen LogP contribution in [0.3, 0.4) is 0 Å². The number of imidazole rings is 1. The standard InChI is InChI=1S/C20H21N3O3/c1-14-9-11-23-17(12-14)22-15(2)19(23)20(25)21-10-8-18(24)26-13-16-6-4-3-5-7-16/h3-7,9,11-12H,8,10,13H2,1-2H3,(H,21,25). The lowest BCUT2D eigenvalue weighted by Gasteiger charge is -2.07. The molecule has 3 aromatic rings. The van der Waals surface area contributed by atoms with Gasteiger partial charge in [0.1, 0.15) is 17.9 Å². The molecular weight excluding hydrogens is 330 g/mol. The van der Waals surface area contributed by atoms with Gasteiger partial charge in [0.15, 0.2) is 0 Å². The second-order valence-electron chi connectivity index (χ2n) is 6.13. The number of ether oxygens (including phenoxy) is 1. The molecule has 6 heteroatoms. The Morgan fingerprint density at radius 1 is 1.15 bits per heavy atom. The highest BCUT2D eigenvalue weighted by Crippen LogP contribution is 2.13.